The van der Waals surface area contributed by atoms with Crippen LogP contribution in [0, 0.1) is 12.8 Å². The fourth-order valence-electron chi connectivity index (χ4n) is 2.21. The van der Waals surface area contributed by atoms with Crippen molar-refractivity contribution in [1.29, 1.82) is 0 Å². The molecule has 2 rings (SSSR count). The van der Waals surface area contributed by atoms with Gasteiger partial charge in [-0.15, -0.1) is 0 Å². The number of carbonyl (C=O) groups excluding carboxylic acids is 1. The van der Waals surface area contributed by atoms with Crippen molar-refractivity contribution in [1.82, 2.24) is 13.6 Å². The third-order valence-electron chi connectivity index (χ3n) is 3.41. The number of piperidine rings is 1. The lowest BCUT2D eigenvalue weighted by atomic mass is 9.91. The summed E-state index contributed by atoms with van der Waals surface area (Å²) in [6, 6.07) is 0. The molecule has 1 amide bonds. The molecule has 0 bridgehead atoms. The van der Waals surface area contributed by atoms with Crippen molar-refractivity contribution in [2.45, 2.75) is 25.9 Å². The van der Waals surface area contributed by atoms with E-state index in [1.807, 2.05) is 0 Å². The monoisotopic (exact) mass is 271 g/mol. The number of aromatic nitrogens is 2. The molecule has 0 aromatic carbocycles. The smallest absolute Gasteiger partial charge is 0.275 e. The first-order chi connectivity index (χ1) is 8.63. The van der Waals surface area contributed by atoms with Crippen LogP contribution in [-0.4, -0.2) is 55.6 Å². The van der Waals surface area contributed by atoms with Crippen molar-refractivity contribution in [3.05, 3.63) is 11.4 Å². The van der Waals surface area contributed by atoms with Gasteiger partial charge < -0.3 is 15.1 Å². The van der Waals surface area contributed by atoms with Crippen LogP contribution in [0.2, 0.25) is 0 Å². The SMILES string of the molecule is Cc1nsnc1C(=O)N1CCC(C(O)CO)CC1. The Morgan fingerprint density at radius 3 is 2.67 bits per heavy atom. The molecule has 1 aliphatic rings. The molecule has 1 aromatic heterocycles. The van der Waals surface area contributed by atoms with E-state index in [2.05, 4.69) is 8.75 Å². The molecule has 1 aliphatic heterocycles. The van der Waals surface area contributed by atoms with Crippen molar-refractivity contribution in [2.75, 3.05) is 19.7 Å². The van der Waals surface area contributed by atoms with Gasteiger partial charge in [-0.2, -0.15) is 8.75 Å². The first kappa shape index (κ1) is 13.4. The summed E-state index contributed by atoms with van der Waals surface area (Å²) in [7, 11) is 0. The van der Waals surface area contributed by atoms with E-state index in [4.69, 9.17) is 5.11 Å². The highest BCUT2D eigenvalue weighted by atomic mass is 32.1. The van der Waals surface area contributed by atoms with Gasteiger partial charge in [0.15, 0.2) is 5.69 Å². The molecule has 1 saturated heterocycles. The Labute approximate surface area is 110 Å². The van der Waals surface area contributed by atoms with E-state index >= 15 is 0 Å². The van der Waals surface area contributed by atoms with Gasteiger partial charge in [-0.3, -0.25) is 4.79 Å². The van der Waals surface area contributed by atoms with Crippen molar-refractivity contribution < 1.29 is 15.0 Å². The van der Waals surface area contributed by atoms with Gasteiger partial charge in [-0.25, -0.2) is 0 Å². The van der Waals surface area contributed by atoms with Crippen molar-refractivity contribution in [2.24, 2.45) is 5.92 Å². The van der Waals surface area contributed by atoms with Crippen LogP contribution in [-0.2, 0) is 0 Å². The maximum Gasteiger partial charge on any atom is 0.275 e. The van der Waals surface area contributed by atoms with Crippen LogP contribution >= 0.6 is 11.7 Å². The first-order valence-electron chi connectivity index (χ1n) is 6.01. The maximum atomic E-state index is 12.1. The summed E-state index contributed by atoms with van der Waals surface area (Å²) in [6.45, 7) is 2.75. The maximum absolute atomic E-state index is 12.1. The van der Waals surface area contributed by atoms with E-state index in [0.29, 0.717) is 37.3 Å². The third-order valence-corrected chi connectivity index (χ3v) is 4.03. The van der Waals surface area contributed by atoms with Crippen LogP contribution in [0.1, 0.15) is 29.0 Å². The van der Waals surface area contributed by atoms with E-state index in [9.17, 15) is 9.90 Å². The Bertz CT molecular complexity index is 415. The lowest BCUT2D eigenvalue weighted by Gasteiger charge is -2.33. The van der Waals surface area contributed by atoms with Gasteiger partial charge in [-0.05, 0) is 25.7 Å². The summed E-state index contributed by atoms with van der Waals surface area (Å²) >= 11 is 1.05. The van der Waals surface area contributed by atoms with E-state index in [0.717, 1.165) is 11.7 Å². The molecule has 18 heavy (non-hydrogen) atoms. The van der Waals surface area contributed by atoms with Crippen LogP contribution in [0.3, 0.4) is 0 Å². The van der Waals surface area contributed by atoms with Gasteiger partial charge in [0.05, 0.1) is 30.1 Å². The average Bonchev–Trinajstić information content (AvgIpc) is 2.83. The predicted molar refractivity (Wildman–Crippen MR) is 66.4 cm³/mol. The second-order valence-electron chi connectivity index (χ2n) is 4.58. The van der Waals surface area contributed by atoms with Crippen LogP contribution < -0.4 is 0 Å². The fraction of sp³-hybridized carbons (Fsp3) is 0.727. The van der Waals surface area contributed by atoms with Crippen LogP contribution in [0.25, 0.3) is 0 Å². The fourth-order valence-corrected chi connectivity index (χ4v) is 2.75. The number of carbonyl (C=O) groups is 1. The normalized spacial score (nSPS) is 18.9. The number of rotatable bonds is 3. The molecule has 0 saturated carbocycles. The first-order valence-corrected chi connectivity index (χ1v) is 6.74. The molecule has 1 atom stereocenters. The van der Waals surface area contributed by atoms with Crippen LogP contribution in [0.5, 0.6) is 0 Å². The number of hydrogen-bond acceptors (Lipinski definition) is 6. The number of aliphatic hydroxyl groups is 2. The van der Waals surface area contributed by atoms with E-state index < -0.39 is 6.10 Å². The van der Waals surface area contributed by atoms with Crippen molar-refractivity contribution in [3.8, 4) is 0 Å². The molecular weight excluding hydrogens is 254 g/mol. The van der Waals surface area contributed by atoms with Crippen LogP contribution in [0.15, 0.2) is 0 Å². The number of nitrogens with zero attached hydrogens (tertiary/aromatic N) is 3. The Kier molecular flexibility index (Phi) is 4.26. The molecule has 2 heterocycles. The van der Waals surface area contributed by atoms with Crippen molar-refractivity contribution >= 4 is 17.6 Å². The van der Waals surface area contributed by atoms with Gasteiger partial charge in [-0.1, -0.05) is 0 Å². The van der Waals surface area contributed by atoms with Gasteiger partial charge >= 0.3 is 0 Å². The summed E-state index contributed by atoms with van der Waals surface area (Å²) in [5.41, 5.74) is 1.10. The molecule has 2 N–H and O–H groups in total. The van der Waals surface area contributed by atoms with E-state index in [-0.39, 0.29) is 18.4 Å². The minimum absolute atomic E-state index is 0.0775. The van der Waals surface area contributed by atoms with Gasteiger partial charge in [0.2, 0.25) is 0 Å². The Hall–Kier alpha value is -1.05. The number of amides is 1. The number of aryl methyl sites for hydroxylation is 1. The van der Waals surface area contributed by atoms with E-state index in [1.165, 1.54) is 0 Å². The molecular formula is C11H17N3O3S. The Morgan fingerprint density at radius 1 is 1.50 bits per heavy atom. The summed E-state index contributed by atoms with van der Waals surface area (Å²) in [4.78, 5) is 13.9. The minimum atomic E-state index is -0.676. The molecule has 1 fully saturated rings. The minimum Gasteiger partial charge on any atom is -0.394 e. The number of hydrogen-bond donors (Lipinski definition) is 2. The zero-order valence-electron chi connectivity index (χ0n) is 10.2. The molecule has 0 aliphatic carbocycles. The van der Waals surface area contributed by atoms with E-state index in [1.54, 1.807) is 11.8 Å². The summed E-state index contributed by atoms with van der Waals surface area (Å²) in [6.07, 6.45) is 0.749. The zero-order chi connectivity index (χ0) is 13.1. The van der Waals surface area contributed by atoms with Crippen LogP contribution in [0.4, 0.5) is 0 Å². The average molecular weight is 271 g/mol. The molecule has 0 spiro atoms. The molecule has 1 aromatic rings. The third kappa shape index (κ3) is 2.68. The molecule has 1 unspecified atom stereocenters. The quantitative estimate of drug-likeness (QED) is 0.811. The topological polar surface area (TPSA) is 86.6 Å². The summed E-state index contributed by atoms with van der Waals surface area (Å²) in [5, 5.41) is 18.5. The largest absolute Gasteiger partial charge is 0.394 e. The second-order valence-corrected chi connectivity index (χ2v) is 5.11. The lowest BCUT2D eigenvalue weighted by Crippen LogP contribution is -2.42. The second kappa shape index (κ2) is 5.73. The summed E-state index contributed by atoms with van der Waals surface area (Å²) < 4.78 is 8.01. The predicted octanol–water partition coefficient (Wildman–Crippen LogP) is 0.0519. The Balaban J connectivity index is 1.94. The molecule has 6 nitrogen and oxygen atoms in total. The number of aliphatic hydroxyl groups excluding tert-OH is 2. The number of likely N-dealkylation sites (tertiary alicyclic amines) is 1. The Morgan fingerprint density at radius 2 is 2.17 bits per heavy atom. The highest BCUT2D eigenvalue weighted by Crippen LogP contribution is 2.22. The standard InChI is InChI=1S/C11H17N3O3S/c1-7-10(13-18-12-7)11(17)14-4-2-8(3-5-14)9(16)6-15/h8-9,15-16H,2-6H2,1H3. The lowest BCUT2D eigenvalue weighted by molar-refractivity contribution is 0.0178. The van der Waals surface area contributed by atoms with Gasteiger partial charge in [0, 0.05) is 13.1 Å². The highest BCUT2D eigenvalue weighted by Gasteiger charge is 2.29. The molecule has 7 heteroatoms. The highest BCUT2D eigenvalue weighted by molar-refractivity contribution is 6.99. The van der Waals surface area contributed by atoms with Gasteiger partial charge in [0.1, 0.15) is 0 Å². The summed E-state index contributed by atoms with van der Waals surface area (Å²) in [5.74, 6) is -0.00751. The molecule has 100 valence electrons. The van der Waals surface area contributed by atoms with Crippen molar-refractivity contribution in [3.63, 3.8) is 0 Å². The zero-order valence-corrected chi connectivity index (χ0v) is 11.1. The molecule has 0 radical (unpaired) electrons. The van der Waals surface area contributed by atoms with Gasteiger partial charge in [0.25, 0.3) is 5.91 Å².